The maximum absolute atomic E-state index is 12.8. The average Bonchev–Trinajstić information content (AvgIpc) is 3.23. The Balaban J connectivity index is 1.83. The van der Waals surface area contributed by atoms with Crippen molar-refractivity contribution in [1.82, 2.24) is 15.1 Å². The number of amides is 2. The summed E-state index contributed by atoms with van der Waals surface area (Å²) in [7, 11) is -1.94. The Labute approximate surface area is 200 Å². The minimum absolute atomic E-state index is 0.0810. The van der Waals surface area contributed by atoms with Gasteiger partial charge in [0.25, 0.3) is 0 Å². The van der Waals surface area contributed by atoms with Crippen molar-refractivity contribution in [2.24, 2.45) is 0 Å². The van der Waals surface area contributed by atoms with E-state index in [1.54, 1.807) is 25.2 Å². The number of benzene rings is 1. The van der Waals surface area contributed by atoms with E-state index in [0.717, 1.165) is 6.07 Å². The molecule has 2 N–H and O–H groups in total. The first-order chi connectivity index (χ1) is 16.4. The van der Waals surface area contributed by atoms with Crippen molar-refractivity contribution >= 4 is 27.4 Å². The molecule has 0 saturated carbocycles. The van der Waals surface area contributed by atoms with E-state index < -0.39 is 28.0 Å². The van der Waals surface area contributed by atoms with Gasteiger partial charge in [0, 0.05) is 30.5 Å². The Morgan fingerprint density at radius 3 is 2.69 bits per heavy atom. The number of methoxy groups -OCH3 is 1. The fourth-order valence-electron chi connectivity index (χ4n) is 3.51. The molecule has 0 fully saturated rings. The molecule has 1 aliphatic heterocycles. The number of hydrogen-bond acceptors (Lipinski definition) is 6. The van der Waals surface area contributed by atoms with Gasteiger partial charge in [-0.25, -0.2) is 17.9 Å². The summed E-state index contributed by atoms with van der Waals surface area (Å²) in [6.07, 6.45) is 0.387. The number of nitrogens with one attached hydrogen (secondary N) is 2. The van der Waals surface area contributed by atoms with Gasteiger partial charge in [0.05, 0.1) is 23.8 Å². The predicted octanol–water partition coefficient (Wildman–Crippen LogP) is 4.12. The molecule has 1 aliphatic rings. The number of carbonyl (C=O) groups excluding carboxylic acids is 1. The predicted molar refractivity (Wildman–Crippen MR) is 123 cm³/mol. The molecule has 1 aromatic heterocycles. The summed E-state index contributed by atoms with van der Waals surface area (Å²) in [5, 5.41) is 9.42. The van der Waals surface area contributed by atoms with Crippen LogP contribution in [0.2, 0.25) is 0 Å². The molecule has 1 aromatic carbocycles. The Hall–Kier alpha value is -3.32. The summed E-state index contributed by atoms with van der Waals surface area (Å²) < 4.78 is 73.1. The number of rotatable bonds is 8. The molecule has 35 heavy (non-hydrogen) atoms. The van der Waals surface area contributed by atoms with Crippen molar-refractivity contribution in [2.75, 3.05) is 12.4 Å². The number of carbonyl (C=O) groups is 1. The molecule has 0 unspecified atom stereocenters. The lowest BCUT2D eigenvalue weighted by molar-refractivity contribution is -0.274. The summed E-state index contributed by atoms with van der Waals surface area (Å²) in [6, 6.07) is 3.26. The van der Waals surface area contributed by atoms with Crippen LogP contribution in [0.3, 0.4) is 0 Å². The molecule has 2 aromatic rings. The summed E-state index contributed by atoms with van der Waals surface area (Å²) in [5.74, 6) is -0.804. The van der Waals surface area contributed by atoms with E-state index in [2.05, 4.69) is 20.5 Å². The number of aromatic nitrogens is 2. The smallest absolute Gasteiger partial charge is 0.405 e. The molecular weight excluding hydrogens is 489 g/mol. The zero-order chi connectivity index (χ0) is 25.8. The molecule has 0 saturated heterocycles. The van der Waals surface area contributed by atoms with E-state index >= 15 is 0 Å². The monoisotopic (exact) mass is 514 g/mol. The van der Waals surface area contributed by atoms with Gasteiger partial charge in [-0.2, -0.15) is 5.10 Å². The summed E-state index contributed by atoms with van der Waals surface area (Å²) in [4.78, 5) is 12.7. The van der Waals surface area contributed by atoms with Crippen molar-refractivity contribution in [3.63, 3.8) is 0 Å². The van der Waals surface area contributed by atoms with Gasteiger partial charge in [0.2, 0.25) is 0 Å². The van der Waals surface area contributed by atoms with E-state index in [-0.39, 0.29) is 36.0 Å². The van der Waals surface area contributed by atoms with E-state index in [9.17, 15) is 26.4 Å². The summed E-state index contributed by atoms with van der Waals surface area (Å²) in [5.41, 5.74) is 2.00. The first-order valence-corrected chi connectivity index (χ1v) is 12.3. The zero-order valence-electron chi connectivity index (χ0n) is 19.3. The molecule has 0 radical (unpaired) electrons. The molecular formula is C22H25F3N4O5S. The molecule has 2 heterocycles. The molecule has 0 bridgehead atoms. The highest BCUT2D eigenvalue weighted by Crippen LogP contribution is 2.33. The highest BCUT2D eigenvalue weighted by molar-refractivity contribution is 7.90. The van der Waals surface area contributed by atoms with E-state index in [0.29, 0.717) is 22.5 Å². The van der Waals surface area contributed by atoms with Crippen LogP contribution in [0.15, 0.2) is 36.4 Å². The number of sulfone groups is 1. The lowest BCUT2D eigenvalue weighted by Crippen LogP contribution is -2.30. The normalized spacial score (nSPS) is 15.3. The van der Waals surface area contributed by atoms with Gasteiger partial charge in [0.1, 0.15) is 11.6 Å². The van der Waals surface area contributed by atoms with Crippen LogP contribution in [0.25, 0.3) is 5.70 Å². The van der Waals surface area contributed by atoms with Crippen LogP contribution in [0.5, 0.6) is 5.75 Å². The number of halogens is 3. The minimum atomic E-state index is -4.91. The third-order valence-corrected chi connectivity index (χ3v) is 6.43. The number of allylic oxidation sites excluding steroid dienone is 4. The topological polar surface area (TPSA) is 112 Å². The van der Waals surface area contributed by atoms with Crippen molar-refractivity contribution in [3.8, 4) is 5.75 Å². The largest absolute Gasteiger partial charge is 0.573 e. The van der Waals surface area contributed by atoms with Crippen molar-refractivity contribution in [2.45, 2.75) is 44.9 Å². The minimum Gasteiger partial charge on any atom is -0.405 e. The van der Waals surface area contributed by atoms with Gasteiger partial charge in [0.15, 0.2) is 9.84 Å². The van der Waals surface area contributed by atoms with Crippen LogP contribution in [-0.4, -0.2) is 37.7 Å². The highest BCUT2D eigenvalue weighted by Gasteiger charge is 2.34. The number of anilines is 1. The van der Waals surface area contributed by atoms with Crippen molar-refractivity contribution in [1.29, 1.82) is 0 Å². The zero-order valence-corrected chi connectivity index (χ0v) is 20.1. The first-order valence-electron chi connectivity index (χ1n) is 10.4. The first kappa shape index (κ1) is 26.3. The standard InChI is InChI=1S/C22H25F3N4O5S/c1-4-5-6-14(2)29-20(17-12-35(31,32)13-18(17)28-29)27-21(30)26-10-16-9-15(11-33-3)7-8-19(16)34-22(23,24)25/h4-9H,10-13H2,1-3H3,(H2,26,27,30)/b5-4-,14-6+. The molecule has 2 amide bonds. The molecule has 13 heteroatoms. The maximum atomic E-state index is 12.8. The Morgan fingerprint density at radius 1 is 1.29 bits per heavy atom. The van der Waals surface area contributed by atoms with Crippen LogP contribution in [-0.2, 0) is 39.2 Å². The maximum Gasteiger partial charge on any atom is 0.573 e. The fraction of sp³-hybridized carbons (Fsp3) is 0.364. The van der Waals surface area contributed by atoms with Gasteiger partial charge in [-0.1, -0.05) is 18.2 Å². The Bertz CT molecular complexity index is 1270. The Morgan fingerprint density at radius 2 is 2.03 bits per heavy atom. The molecule has 190 valence electrons. The van der Waals surface area contributed by atoms with Crippen molar-refractivity contribution < 1.29 is 35.9 Å². The van der Waals surface area contributed by atoms with E-state index in [1.165, 1.54) is 23.9 Å². The van der Waals surface area contributed by atoms with E-state index in [4.69, 9.17) is 4.74 Å². The molecule has 0 atom stereocenters. The summed E-state index contributed by atoms with van der Waals surface area (Å²) >= 11 is 0. The fourth-order valence-corrected chi connectivity index (χ4v) is 5.00. The van der Waals surface area contributed by atoms with Crippen molar-refractivity contribution in [3.05, 3.63) is 58.8 Å². The second-order valence-corrected chi connectivity index (χ2v) is 9.85. The Kier molecular flexibility index (Phi) is 7.90. The SMILES string of the molecule is C/C=C\C=C(/C)n1nc2c(c1NC(=O)NCc1cc(COC)ccc1OC(F)(F)F)CS(=O)(=O)C2. The van der Waals surface area contributed by atoms with Crippen LogP contribution >= 0.6 is 0 Å². The van der Waals surface area contributed by atoms with Gasteiger partial charge >= 0.3 is 12.4 Å². The number of nitrogens with zero attached hydrogens (tertiary/aromatic N) is 2. The van der Waals surface area contributed by atoms with Gasteiger partial charge in [-0.15, -0.1) is 13.2 Å². The number of ether oxygens (including phenoxy) is 2. The van der Waals surface area contributed by atoms with Gasteiger partial charge in [-0.3, -0.25) is 5.32 Å². The number of alkyl halides is 3. The van der Waals surface area contributed by atoms with E-state index in [1.807, 2.05) is 6.92 Å². The quantitative estimate of drug-likeness (QED) is 0.513. The number of urea groups is 1. The third kappa shape index (κ3) is 6.85. The third-order valence-electron chi connectivity index (χ3n) is 4.98. The summed E-state index contributed by atoms with van der Waals surface area (Å²) in [6.45, 7) is 3.42. The van der Waals surface area contributed by atoms with Gasteiger partial charge in [-0.05, 0) is 37.6 Å². The lowest BCUT2D eigenvalue weighted by atomic mass is 10.1. The average molecular weight is 515 g/mol. The molecule has 0 aliphatic carbocycles. The second kappa shape index (κ2) is 10.5. The van der Waals surface area contributed by atoms with Crippen LogP contribution in [0.4, 0.5) is 23.8 Å². The highest BCUT2D eigenvalue weighted by atomic mass is 32.2. The molecule has 0 spiro atoms. The molecule has 9 nitrogen and oxygen atoms in total. The van der Waals surface area contributed by atoms with Crippen LogP contribution < -0.4 is 15.4 Å². The van der Waals surface area contributed by atoms with Crippen LogP contribution in [0, 0.1) is 0 Å². The lowest BCUT2D eigenvalue weighted by Gasteiger charge is -2.16. The number of fused-ring (bicyclic) bond motifs is 1. The van der Waals surface area contributed by atoms with Gasteiger partial charge < -0.3 is 14.8 Å². The second-order valence-electron chi connectivity index (χ2n) is 7.78. The molecule has 3 rings (SSSR count). The van der Waals surface area contributed by atoms with Crippen LogP contribution in [0.1, 0.15) is 36.2 Å². The number of hydrogen-bond donors (Lipinski definition) is 2.